The van der Waals surface area contributed by atoms with Crippen LogP contribution >= 0.6 is 0 Å². The van der Waals surface area contributed by atoms with E-state index in [0.29, 0.717) is 6.04 Å². The first-order valence-electron chi connectivity index (χ1n) is 6.58. The Bertz CT molecular complexity index is 207. The Labute approximate surface area is 93.7 Å². The van der Waals surface area contributed by atoms with Crippen LogP contribution in [-0.4, -0.2) is 35.2 Å². The summed E-state index contributed by atoms with van der Waals surface area (Å²) in [4.78, 5) is 2.48. The molecule has 0 amide bonds. The number of hydrogen-bond donors (Lipinski definition) is 1. The minimum atomic E-state index is -0.0627. The Morgan fingerprint density at radius 2 is 1.80 bits per heavy atom. The van der Waals surface area contributed by atoms with Gasteiger partial charge < -0.3 is 5.11 Å². The van der Waals surface area contributed by atoms with Crippen LogP contribution in [0.1, 0.15) is 51.9 Å². The van der Waals surface area contributed by atoms with Gasteiger partial charge in [-0.2, -0.15) is 0 Å². The molecule has 88 valence electrons. The molecule has 4 unspecified atom stereocenters. The molecule has 2 rings (SSSR count). The van der Waals surface area contributed by atoms with E-state index in [-0.39, 0.29) is 6.10 Å². The third kappa shape index (κ3) is 2.54. The van der Waals surface area contributed by atoms with Gasteiger partial charge in [0, 0.05) is 12.1 Å². The third-order valence-corrected chi connectivity index (χ3v) is 4.45. The summed E-state index contributed by atoms with van der Waals surface area (Å²) in [5, 5.41) is 9.91. The van der Waals surface area contributed by atoms with Crippen molar-refractivity contribution in [2.24, 2.45) is 5.92 Å². The zero-order valence-corrected chi connectivity index (χ0v) is 10.2. The standard InChI is InChI=1S/C13H25NO/c1-10-5-3-6-11(9-10)14(2)12-7-4-8-13(12)15/h10-13,15H,3-9H2,1-2H3. The Morgan fingerprint density at radius 3 is 2.40 bits per heavy atom. The van der Waals surface area contributed by atoms with Crippen molar-refractivity contribution in [3.8, 4) is 0 Å². The second-order valence-corrected chi connectivity index (χ2v) is 5.66. The summed E-state index contributed by atoms with van der Waals surface area (Å²) in [7, 11) is 2.22. The molecule has 15 heavy (non-hydrogen) atoms. The highest BCUT2D eigenvalue weighted by Crippen LogP contribution is 2.31. The lowest BCUT2D eigenvalue weighted by atomic mass is 9.85. The van der Waals surface area contributed by atoms with Gasteiger partial charge in [0.15, 0.2) is 0 Å². The van der Waals surface area contributed by atoms with E-state index in [2.05, 4.69) is 18.9 Å². The monoisotopic (exact) mass is 211 g/mol. The highest BCUT2D eigenvalue weighted by molar-refractivity contribution is 4.88. The second kappa shape index (κ2) is 4.84. The first kappa shape index (κ1) is 11.4. The topological polar surface area (TPSA) is 23.5 Å². The van der Waals surface area contributed by atoms with Crippen LogP contribution in [0.15, 0.2) is 0 Å². The Hall–Kier alpha value is -0.0800. The minimum absolute atomic E-state index is 0.0627. The van der Waals surface area contributed by atoms with Gasteiger partial charge in [-0.25, -0.2) is 0 Å². The van der Waals surface area contributed by atoms with Crippen molar-refractivity contribution in [2.75, 3.05) is 7.05 Å². The summed E-state index contributed by atoms with van der Waals surface area (Å²) in [6, 6.07) is 1.17. The number of aliphatic hydroxyl groups is 1. The summed E-state index contributed by atoms with van der Waals surface area (Å²) >= 11 is 0. The molecule has 4 atom stereocenters. The molecule has 2 saturated carbocycles. The van der Waals surface area contributed by atoms with Crippen LogP contribution in [0.2, 0.25) is 0 Å². The fraction of sp³-hybridized carbons (Fsp3) is 1.00. The molecule has 0 aromatic heterocycles. The van der Waals surface area contributed by atoms with Gasteiger partial charge in [-0.1, -0.05) is 19.8 Å². The van der Waals surface area contributed by atoms with Crippen molar-refractivity contribution >= 4 is 0 Å². The Kier molecular flexibility index (Phi) is 3.68. The van der Waals surface area contributed by atoms with Crippen LogP contribution in [-0.2, 0) is 0 Å². The molecular formula is C13H25NO. The molecule has 0 radical (unpaired) electrons. The van der Waals surface area contributed by atoms with E-state index in [9.17, 15) is 5.11 Å². The van der Waals surface area contributed by atoms with Crippen LogP contribution in [0.5, 0.6) is 0 Å². The zero-order valence-electron chi connectivity index (χ0n) is 10.2. The molecule has 1 N–H and O–H groups in total. The van der Waals surface area contributed by atoms with Crippen LogP contribution in [0.25, 0.3) is 0 Å². The molecule has 2 fully saturated rings. The van der Waals surface area contributed by atoms with Crippen molar-refractivity contribution in [1.82, 2.24) is 4.90 Å². The molecule has 0 heterocycles. The molecule has 2 aliphatic carbocycles. The van der Waals surface area contributed by atoms with Gasteiger partial charge in [0.2, 0.25) is 0 Å². The number of nitrogens with zero attached hydrogens (tertiary/aromatic N) is 1. The molecule has 0 bridgehead atoms. The van der Waals surface area contributed by atoms with E-state index in [0.717, 1.165) is 18.4 Å². The fourth-order valence-corrected chi connectivity index (χ4v) is 3.44. The van der Waals surface area contributed by atoms with Crippen molar-refractivity contribution in [1.29, 1.82) is 0 Å². The highest BCUT2D eigenvalue weighted by atomic mass is 16.3. The van der Waals surface area contributed by atoms with E-state index in [1.54, 1.807) is 0 Å². The maximum Gasteiger partial charge on any atom is 0.0695 e. The lowest BCUT2D eigenvalue weighted by molar-refractivity contribution is 0.0431. The first-order valence-corrected chi connectivity index (χ1v) is 6.58. The second-order valence-electron chi connectivity index (χ2n) is 5.66. The maximum atomic E-state index is 9.91. The van der Waals surface area contributed by atoms with Gasteiger partial charge in [-0.15, -0.1) is 0 Å². The van der Waals surface area contributed by atoms with Gasteiger partial charge in [0.25, 0.3) is 0 Å². The Balaban J connectivity index is 1.91. The van der Waals surface area contributed by atoms with Gasteiger partial charge >= 0.3 is 0 Å². The number of hydrogen-bond acceptors (Lipinski definition) is 2. The lowest BCUT2D eigenvalue weighted by Gasteiger charge is -2.38. The van der Waals surface area contributed by atoms with E-state index in [1.807, 2.05) is 0 Å². The van der Waals surface area contributed by atoms with Crippen molar-refractivity contribution in [3.05, 3.63) is 0 Å². The van der Waals surface area contributed by atoms with Gasteiger partial charge in [0.1, 0.15) is 0 Å². The molecule has 0 aromatic carbocycles. The summed E-state index contributed by atoms with van der Waals surface area (Å²) in [6.45, 7) is 2.37. The number of aliphatic hydroxyl groups excluding tert-OH is 1. The summed E-state index contributed by atoms with van der Waals surface area (Å²) in [5.41, 5.74) is 0. The average molecular weight is 211 g/mol. The van der Waals surface area contributed by atoms with E-state index < -0.39 is 0 Å². The summed E-state index contributed by atoms with van der Waals surface area (Å²) in [5.74, 6) is 0.879. The number of rotatable bonds is 2. The summed E-state index contributed by atoms with van der Waals surface area (Å²) in [6.07, 6.45) is 8.80. The first-order chi connectivity index (χ1) is 7.18. The van der Waals surface area contributed by atoms with Gasteiger partial charge in [-0.3, -0.25) is 4.90 Å². The predicted molar refractivity (Wildman–Crippen MR) is 62.8 cm³/mol. The molecule has 2 heteroatoms. The highest BCUT2D eigenvalue weighted by Gasteiger charge is 2.33. The van der Waals surface area contributed by atoms with Crippen LogP contribution in [0, 0.1) is 5.92 Å². The van der Waals surface area contributed by atoms with Gasteiger partial charge in [0.05, 0.1) is 6.10 Å². The predicted octanol–water partition coefficient (Wildman–Crippen LogP) is 2.41. The SMILES string of the molecule is CC1CCCC(N(C)C2CCCC2O)C1. The van der Waals surface area contributed by atoms with Crippen LogP contribution in [0.3, 0.4) is 0 Å². The quantitative estimate of drug-likeness (QED) is 0.758. The molecular weight excluding hydrogens is 186 g/mol. The van der Waals surface area contributed by atoms with E-state index >= 15 is 0 Å². The minimum Gasteiger partial charge on any atom is -0.391 e. The van der Waals surface area contributed by atoms with Gasteiger partial charge in [-0.05, 0) is 45.1 Å². The number of likely N-dealkylation sites (N-methyl/N-ethyl adjacent to an activating group) is 1. The third-order valence-electron chi connectivity index (χ3n) is 4.45. The van der Waals surface area contributed by atoms with Crippen LogP contribution in [0.4, 0.5) is 0 Å². The average Bonchev–Trinajstić information content (AvgIpc) is 2.63. The molecule has 0 aliphatic heterocycles. The summed E-state index contributed by atoms with van der Waals surface area (Å²) < 4.78 is 0. The van der Waals surface area contributed by atoms with Crippen molar-refractivity contribution < 1.29 is 5.11 Å². The fourth-order valence-electron chi connectivity index (χ4n) is 3.44. The molecule has 0 spiro atoms. The molecule has 2 aliphatic rings. The Morgan fingerprint density at radius 1 is 1.07 bits per heavy atom. The van der Waals surface area contributed by atoms with Crippen molar-refractivity contribution in [3.63, 3.8) is 0 Å². The molecule has 2 nitrogen and oxygen atoms in total. The zero-order chi connectivity index (χ0) is 10.8. The van der Waals surface area contributed by atoms with Crippen LogP contribution < -0.4 is 0 Å². The normalized spacial score (nSPS) is 42.4. The largest absolute Gasteiger partial charge is 0.391 e. The van der Waals surface area contributed by atoms with E-state index in [4.69, 9.17) is 0 Å². The lowest BCUT2D eigenvalue weighted by Crippen LogP contribution is -2.45. The van der Waals surface area contributed by atoms with Crippen molar-refractivity contribution in [2.45, 2.75) is 70.1 Å². The van der Waals surface area contributed by atoms with E-state index in [1.165, 1.54) is 38.5 Å². The maximum absolute atomic E-state index is 9.91. The molecule has 0 saturated heterocycles. The molecule has 0 aromatic rings. The smallest absolute Gasteiger partial charge is 0.0695 e.